The van der Waals surface area contributed by atoms with E-state index in [0.717, 1.165) is 55.4 Å². The highest BCUT2D eigenvalue weighted by Gasteiger charge is 2.10. The molecule has 0 aromatic carbocycles. The van der Waals surface area contributed by atoms with Crippen molar-refractivity contribution < 1.29 is 0 Å². The van der Waals surface area contributed by atoms with Crippen LogP contribution in [-0.4, -0.2) is 26.3 Å². The van der Waals surface area contributed by atoms with Crippen LogP contribution in [0.5, 0.6) is 0 Å². The fourth-order valence-corrected chi connectivity index (χ4v) is 2.18. The van der Waals surface area contributed by atoms with Gasteiger partial charge >= 0.3 is 0 Å². The lowest BCUT2D eigenvalue weighted by molar-refractivity contribution is 0.607. The molecule has 2 aromatic heterocycles. The molecule has 5 nitrogen and oxygen atoms in total. The molecule has 2 aromatic rings. The van der Waals surface area contributed by atoms with Crippen molar-refractivity contribution in [1.82, 2.24) is 19.7 Å². The van der Waals surface area contributed by atoms with Gasteiger partial charge in [0.2, 0.25) is 0 Å². The zero-order valence-electron chi connectivity index (χ0n) is 12.6. The van der Waals surface area contributed by atoms with Crippen molar-refractivity contribution in [3.63, 3.8) is 0 Å². The molecule has 0 unspecified atom stereocenters. The van der Waals surface area contributed by atoms with E-state index in [-0.39, 0.29) is 0 Å². The van der Waals surface area contributed by atoms with Crippen LogP contribution in [-0.2, 0) is 13.0 Å². The van der Waals surface area contributed by atoms with E-state index in [9.17, 15) is 0 Å². The highest BCUT2D eigenvalue weighted by molar-refractivity contribution is 5.58. The molecule has 0 aliphatic heterocycles. The lowest BCUT2D eigenvalue weighted by atomic mass is 10.2. The summed E-state index contributed by atoms with van der Waals surface area (Å²) in [5.74, 6) is 1.79. The summed E-state index contributed by atoms with van der Waals surface area (Å²) in [5, 5.41) is 7.65. The molecular weight excluding hydrogens is 250 g/mol. The molecule has 0 fully saturated rings. The van der Waals surface area contributed by atoms with Gasteiger partial charge in [-0.15, -0.1) is 0 Å². The average molecular weight is 273 g/mol. The second-order valence-corrected chi connectivity index (χ2v) is 4.77. The Morgan fingerprint density at radius 1 is 1.15 bits per heavy atom. The van der Waals surface area contributed by atoms with Gasteiger partial charge in [0.15, 0.2) is 0 Å². The number of nitrogens with zero attached hydrogens (tertiary/aromatic N) is 4. The quantitative estimate of drug-likeness (QED) is 0.842. The van der Waals surface area contributed by atoms with E-state index in [1.54, 1.807) is 0 Å². The van der Waals surface area contributed by atoms with Gasteiger partial charge in [-0.2, -0.15) is 5.10 Å². The van der Waals surface area contributed by atoms with E-state index in [4.69, 9.17) is 0 Å². The van der Waals surface area contributed by atoms with Crippen molar-refractivity contribution in [2.45, 2.75) is 46.6 Å². The average Bonchev–Trinajstić information content (AvgIpc) is 2.88. The van der Waals surface area contributed by atoms with Crippen LogP contribution in [0.25, 0.3) is 11.4 Å². The molecule has 0 bridgehead atoms. The summed E-state index contributed by atoms with van der Waals surface area (Å²) in [5.41, 5.74) is 2.01. The number of aromatic nitrogens is 4. The number of hydrogen-bond acceptors (Lipinski definition) is 4. The zero-order valence-corrected chi connectivity index (χ0v) is 12.6. The first-order chi connectivity index (χ1) is 9.78. The molecule has 1 N–H and O–H groups in total. The van der Waals surface area contributed by atoms with E-state index < -0.39 is 0 Å². The lowest BCUT2D eigenvalue weighted by Crippen LogP contribution is -2.07. The summed E-state index contributed by atoms with van der Waals surface area (Å²) in [6.45, 7) is 8.13. The number of hydrogen-bond donors (Lipinski definition) is 1. The van der Waals surface area contributed by atoms with Gasteiger partial charge in [0.1, 0.15) is 11.6 Å². The lowest BCUT2D eigenvalue weighted by Gasteiger charge is -2.10. The molecule has 0 spiro atoms. The maximum Gasteiger partial charge on any atom is 0.131 e. The van der Waals surface area contributed by atoms with Gasteiger partial charge in [0, 0.05) is 31.8 Å². The molecule has 0 saturated heterocycles. The Morgan fingerprint density at radius 3 is 2.70 bits per heavy atom. The molecule has 108 valence electrons. The molecule has 0 aliphatic carbocycles. The first-order valence-corrected chi connectivity index (χ1v) is 7.42. The summed E-state index contributed by atoms with van der Waals surface area (Å²) in [6, 6.07) is 4.02. The Balaban J connectivity index is 2.40. The number of rotatable bonds is 7. The van der Waals surface area contributed by atoms with Crippen molar-refractivity contribution in [2.75, 3.05) is 11.9 Å². The molecule has 2 rings (SSSR count). The highest BCUT2D eigenvalue weighted by atomic mass is 15.3. The van der Waals surface area contributed by atoms with Crippen LogP contribution in [0.1, 0.15) is 39.4 Å². The van der Waals surface area contributed by atoms with Crippen molar-refractivity contribution in [1.29, 1.82) is 0 Å². The van der Waals surface area contributed by atoms with Gasteiger partial charge in [0.25, 0.3) is 0 Å². The van der Waals surface area contributed by atoms with Gasteiger partial charge in [0.05, 0.1) is 11.4 Å². The van der Waals surface area contributed by atoms with Crippen molar-refractivity contribution in [3.8, 4) is 11.4 Å². The molecule has 0 radical (unpaired) electrons. The Kier molecular flexibility index (Phi) is 5.09. The minimum atomic E-state index is 0.857. The molecule has 0 amide bonds. The van der Waals surface area contributed by atoms with Crippen LogP contribution < -0.4 is 5.32 Å². The van der Waals surface area contributed by atoms with E-state index in [2.05, 4.69) is 41.2 Å². The van der Waals surface area contributed by atoms with Crippen molar-refractivity contribution in [2.24, 2.45) is 0 Å². The Labute approximate surface area is 120 Å². The van der Waals surface area contributed by atoms with Crippen LogP contribution in [0.15, 0.2) is 18.3 Å². The van der Waals surface area contributed by atoms with Gasteiger partial charge in [-0.05, 0) is 25.8 Å². The molecule has 0 atom stereocenters. The molecule has 5 heteroatoms. The fraction of sp³-hybridized carbons (Fsp3) is 0.533. The molecule has 0 aliphatic rings. The third kappa shape index (κ3) is 3.35. The van der Waals surface area contributed by atoms with Crippen LogP contribution in [0.3, 0.4) is 0 Å². The standard InChI is InChI=1S/C15H23N5/c1-4-7-14-18-12(11-15(19-14)16-6-3)13-8-9-17-20(13)10-5-2/h8-9,11H,4-7,10H2,1-3H3,(H,16,18,19). The second-order valence-electron chi connectivity index (χ2n) is 4.77. The van der Waals surface area contributed by atoms with E-state index in [0.29, 0.717) is 0 Å². The van der Waals surface area contributed by atoms with Gasteiger partial charge < -0.3 is 5.32 Å². The van der Waals surface area contributed by atoms with Crippen LogP contribution in [0.4, 0.5) is 5.82 Å². The normalized spacial score (nSPS) is 10.8. The first kappa shape index (κ1) is 14.5. The van der Waals surface area contributed by atoms with Crippen LogP contribution in [0, 0.1) is 0 Å². The topological polar surface area (TPSA) is 55.6 Å². The third-order valence-electron chi connectivity index (χ3n) is 3.02. The van der Waals surface area contributed by atoms with E-state index >= 15 is 0 Å². The summed E-state index contributed by atoms with van der Waals surface area (Å²) >= 11 is 0. The van der Waals surface area contributed by atoms with Gasteiger partial charge in [-0.3, -0.25) is 4.68 Å². The van der Waals surface area contributed by atoms with E-state index in [1.807, 2.05) is 23.0 Å². The zero-order chi connectivity index (χ0) is 14.4. The van der Waals surface area contributed by atoms with Gasteiger partial charge in [-0.1, -0.05) is 13.8 Å². The Morgan fingerprint density at radius 2 is 2.00 bits per heavy atom. The largest absolute Gasteiger partial charge is 0.370 e. The smallest absolute Gasteiger partial charge is 0.131 e. The predicted octanol–water partition coefficient (Wildman–Crippen LogP) is 3.13. The third-order valence-corrected chi connectivity index (χ3v) is 3.02. The minimum absolute atomic E-state index is 0.857. The van der Waals surface area contributed by atoms with Gasteiger partial charge in [-0.25, -0.2) is 9.97 Å². The first-order valence-electron chi connectivity index (χ1n) is 7.42. The summed E-state index contributed by atoms with van der Waals surface area (Å²) in [6.07, 6.45) is 4.83. The van der Waals surface area contributed by atoms with Crippen LogP contribution >= 0.6 is 0 Å². The molecule has 20 heavy (non-hydrogen) atoms. The van der Waals surface area contributed by atoms with Crippen molar-refractivity contribution in [3.05, 3.63) is 24.2 Å². The maximum atomic E-state index is 4.68. The number of anilines is 1. The SMILES string of the molecule is CCCc1nc(NCC)cc(-c2ccnn2CCC)n1. The predicted molar refractivity (Wildman–Crippen MR) is 81.7 cm³/mol. The maximum absolute atomic E-state index is 4.68. The summed E-state index contributed by atoms with van der Waals surface area (Å²) < 4.78 is 2.01. The van der Waals surface area contributed by atoms with Crippen molar-refractivity contribution >= 4 is 5.82 Å². The number of nitrogens with one attached hydrogen (secondary N) is 1. The minimum Gasteiger partial charge on any atom is -0.370 e. The highest BCUT2D eigenvalue weighted by Crippen LogP contribution is 2.20. The molecule has 0 saturated carbocycles. The second kappa shape index (κ2) is 7.03. The summed E-state index contributed by atoms with van der Waals surface area (Å²) in [7, 11) is 0. The van der Waals surface area contributed by atoms with E-state index in [1.165, 1.54) is 0 Å². The number of aryl methyl sites for hydroxylation is 2. The fourth-order valence-electron chi connectivity index (χ4n) is 2.18. The molecule has 2 heterocycles. The molecular formula is C15H23N5. The Bertz CT molecular complexity index is 523. The van der Waals surface area contributed by atoms with Crippen LogP contribution in [0.2, 0.25) is 0 Å². The monoisotopic (exact) mass is 273 g/mol. The Hall–Kier alpha value is -1.91. The summed E-state index contributed by atoms with van der Waals surface area (Å²) in [4.78, 5) is 9.23.